The smallest absolute Gasteiger partial charge is 0.474 e. The topological polar surface area (TPSA) is 608 Å². The molecular weight excluding hydrogens is 1470 g/mol. The molecule has 5 aliphatic heterocycles. The number of aliphatic hydroxyl groups excluding tert-OH is 10. The number of aliphatic carboxylic acids is 1. The Hall–Kier alpha value is -6.16. The van der Waals surface area contributed by atoms with E-state index in [4.69, 9.17) is 72.6 Å². The Labute approximate surface area is 628 Å². The summed E-state index contributed by atoms with van der Waals surface area (Å²) < 4.78 is 88.9. The molecule has 1 aliphatic carbocycles. The molecule has 5 saturated heterocycles. The van der Waals surface area contributed by atoms with Crippen LogP contribution < -0.4 is 27.4 Å². The van der Waals surface area contributed by atoms with Crippen LogP contribution in [0.25, 0.3) is 0 Å². The number of allylic oxidation sites excluding steroid dienone is 10. The second-order valence-corrected chi connectivity index (χ2v) is 30.3. The van der Waals surface area contributed by atoms with Crippen LogP contribution in [0.5, 0.6) is 0 Å². The number of nitrogens with one attached hydrogen (secondary N) is 3. The Morgan fingerprint density at radius 3 is 1.88 bits per heavy atom. The van der Waals surface area contributed by atoms with Gasteiger partial charge in [-0.05, 0) is 91.9 Å². The summed E-state index contributed by atoms with van der Waals surface area (Å²) in [7, 11) is -5.85. The zero-order valence-electron chi connectivity index (χ0n) is 62.2. The number of carbonyl (C=O) groups is 7. The molecule has 0 radical (unpaired) electrons. The van der Waals surface area contributed by atoms with Crippen molar-refractivity contribution in [2.45, 2.75) is 286 Å². The van der Waals surface area contributed by atoms with E-state index in [1.165, 1.54) is 18.1 Å². The van der Waals surface area contributed by atoms with Gasteiger partial charge in [-0.2, -0.15) is 0 Å². The first-order valence-corrected chi connectivity index (χ1v) is 36.9. The summed E-state index contributed by atoms with van der Waals surface area (Å²) in [6, 6.07) is -4.00. The third-order valence-corrected chi connectivity index (χ3v) is 19.9. The number of phosphoric ester groups is 1. The Balaban J connectivity index is 1.25. The van der Waals surface area contributed by atoms with Gasteiger partial charge in [-0.3, -0.25) is 33.0 Å². The molecule has 5 fully saturated rings. The highest BCUT2D eigenvalue weighted by atomic mass is 31.2. The van der Waals surface area contributed by atoms with Gasteiger partial charge in [-0.25, -0.2) is 14.2 Å². The highest BCUT2D eigenvalue weighted by Crippen LogP contribution is 2.49. The molecular formula is C69H108N5O34P. The zero-order chi connectivity index (χ0) is 81.5. The van der Waals surface area contributed by atoms with E-state index in [0.717, 1.165) is 64.0 Å². The average molecular weight is 1580 g/mol. The van der Waals surface area contributed by atoms with Gasteiger partial charge >= 0.3 is 19.9 Å². The molecule has 20 N–H and O–H groups in total. The van der Waals surface area contributed by atoms with Gasteiger partial charge in [0.15, 0.2) is 67.8 Å². The first-order chi connectivity index (χ1) is 50.9. The molecule has 0 bridgehead atoms. The Morgan fingerprint density at radius 1 is 0.716 bits per heavy atom. The second kappa shape index (κ2) is 40.5. The maximum Gasteiger partial charge on any atom is 0.474 e. The van der Waals surface area contributed by atoms with E-state index in [9.17, 15) is 104 Å². The number of carbonyl (C=O) groups excluding carboxylic acids is 6. The van der Waals surface area contributed by atoms with Gasteiger partial charge in [0.25, 0.3) is 5.91 Å². The summed E-state index contributed by atoms with van der Waals surface area (Å²) in [5.74, 6) is -7.66. The number of carboxylic acids is 1. The fourth-order valence-electron chi connectivity index (χ4n) is 12.6. The van der Waals surface area contributed by atoms with Crippen LogP contribution in [0.3, 0.4) is 0 Å². The highest BCUT2D eigenvalue weighted by molar-refractivity contribution is 7.47. The molecule has 6 aliphatic rings. The van der Waals surface area contributed by atoms with Gasteiger partial charge < -0.3 is 146 Å². The molecule has 618 valence electrons. The van der Waals surface area contributed by atoms with Gasteiger partial charge in [0.2, 0.25) is 17.7 Å². The van der Waals surface area contributed by atoms with Crippen LogP contribution in [0.15, 0.2) is 70.7 Å². The first kappa shape index (κ1) is 91.7. The third-order valence-electron chi connectivity index (χ3n) is 18.9. The minimum Gasteiger partial charge on any atom is -0.510 e. The SMILES string of the molecule is C=C(C/C=C(\C)CCC=C(C)C)CCC(C)(C)/C=C/CC/C(C)=C/CO[C@@H](COP(=O)(O)O[C@H]1O[C@H](C(N)=O)[C@@](C)(O)[C@H](OC(N)=O)[C@H]1O[C@@H]1O[C@H](CO[C@@H]2O[C@H](CO)[C@@H](O)[C@H](O)[C@H]2O)[C@@H](O[C@@H]2O[C@H](C)[C@@H](O[C@@H]3O[C@H](C(=O)NC4=C(O)CCC4=O)[C@H](O)[C@H](O)[C@H]3O)[C@H](O)[C@H]2NC(C)=O)[C@H](O)[C@H]1NC(C)=O)C(=O)O. The van der Waals surface area contributed by atoms with Crippen molar-refractivity contribution in [1.29, 1.82) is 0 Å². The molecule has 109 heavy (non-hydrogen) atoms. The second-order valence-electron chi connectivity index (χ2n) is 28.9. The third kappa shape index (κ3) is 25.4. The monoisotopic (exact) mass is 1580 g/mol. The fraction of sp³-hybridized carbons (Fsp3) is 0.725. The standard InChI is InChI=1S/C69H108N5O34P/c1-30(2)15-14-17-31(3)18-19-33(5)22-25-68(9,10)24-13-12-16-32(4)23-26-96-41(61(90)91)29-98-109(94,95)108-66-56(57(107-67(71)92)69(11,93)58(106-66)59(70)88)105-63-44(73-36(8)77)47(82)54(40(101-63)28-97-64-51(86)48(83)45(80)39(27-75)100-64)103-62-43(72-35(7)76)46(81)53(34(6)99-62)102-65-52(87)49(84)50(85)55(104-65)60(89)74-42-37(78)20-21-38(42)79/h13,15,18,23-24,34,39-41,43-58,62-66,75,78,80-87,93H,5,12,14,16-17,19-22,25-29H2,1-4,6-11H3,(H2,70,88)(H2,71,92)(H,72,76)(H,73,77)(H,74,89)(H,90,91)(H,94,95)/b24-13+,31-18+,32-23+/t34-,39-,40-,41+,43-,44-,45-,46-,47-,48+,49+,50-,51-,52-,53-,54-,55+,56-,57-,58-,62+,63+,64-,65-,66-,69+/m1/s1. The van der Waals surface area contributed by atoms with Crippen molar-refractivity contribution in [2.24, 2.45) is 16.9 Å². The van der Waals surface area contributed by atoms with Crippen molar-refractivity contribution in [1.82, 2.24) is 16.0 Å². The Morgan fingerprint density at radius 2 is 1.29 bits per heavy atom. The van der Waals surface area contributed by atoms with E-state index < -0.39 is 240 Å². The van der Waals surface area contributed by atoms with Crippen molar-refractivity contribution in [3.63, 3.8) is 0 Å². The van der Waals surface area contributed by atoms with Gasteiger partial charge in [-0.15, -0.1) is 0 Å². The molecule has 39 nitrogen and oxygen atoms in total. The Bertz CT molecular complexity index is 3360. The predicted octanol–water partition coefficient (Wildman–Crippen LogP) is -2.03. The van der Waals surface area contributed by atoms with Crippen LogP contribution in [0.2, 0.25) is 0 Å². The lowest BCUT2D eigenvalue weighted by molar-refractivity contribution is -0.375. The summed E-state index contributed by atoms with van der Waals surface area (Å²) in [5.41, 5.74) is 12.0. The highest BCUT2D eigenvalue weighted by Gasteiger charge is 2.62. The number of hydrogen-bond acceptors (Lipinski definition) is 32. The molecule has 27 atom stereocenters. The molecule has 1 unspecified atom stereocenters. The van der Waals surface area contributed by atoms with Gasteiger partial charge in [0.05, 0.1) is 32.5 Å². The summed E-state index contributed by atoms with van der Waals surface area (Å²) in [5, 5.41) is 139. The maximum atomic E-state index is 14.1. The van der Waals surface area contributed by atoms with Crippen molar-refractivity contribution in [2.75, 3.05) is 26.4 Å². The molecule has 6 rings (SSSR count). The molecule has 40 heteroatoms. The van der Waals surface area contributed by atoms with Crippen LogP contribution in [-0.4, -0.2) is 293 Å². The Kier molecular flexibility index (Phi) is 34.1. The average Bonchev–Trinajstić information content (AvgIpc) is 1.80. The van der Waals surface area contributed by atoms with Crippen LogP contribution in [0.1, 0.15) is 127 Å². The maximum absolute atomic E-state index is 14.1. The number of aliphatic hydroxyl groups is 11. The van der Waals surface area contributed by atoms with Crippen LogP contribution >= 0.6 is 7.82 Å². The van der Waals surface area contributed by atoms with Crippen LogP contribution in [-0.2, 0) is 94.5 Å². The number of ketones is 1. The van der Waals surface area contributed by atoms with E-state index in [2.05, 4.69) is 75.4 Å². The van der Waals surface area contributed by atoms with Crippen LogP contribution in [0, 0.1) is 5.41 Å². The van der Waals surface area contributed by atoms with Gasteiger partial charge in [0.1, 0.15) is 102 Å². The number of primary amides is 2. The molecule has 5 heterocycles. The first-order valence-electron chi connectivity index (χ1n) is 35.4. The van der Waals surface area contributed by atoms with Crippen molar-refractivity contribution in [3.8, 4) is 0 Å². The number of nitrogens with two attached hydrogens (primary N) is 2. The molecule has 0 spiro atoms. The van der Waals surface area contributed by atoms with E-state index in [1.54, 1.807) is 13.0 Å². The number of amides is 5. The van der Waals surface area contributed by atoms with Crippen molar-refractivity contribution >= 4 is 49.3 Å². The normalized spacial score (nSPS) is 35.6. The summed E-state index contributed by atoms with van der Waals surface area (Å²) in [6.07, 6.45) is -35.4. The number of carboxylic acid groups (broad SMARTS) is 1. The number of rotatable bonds is 37. The minimum absolute atomic E-state index is 0.128. The minimum atomic E-state index is -5.85. The summed E-state index contributed by atoms with van der Waals surface area (Å²) in [6.45, 7) is 16.8. The number of hydrogen-bond donors (Lipinski definition) is 18. The van der Waals surface area contributed by atoms with E-state index in [1.807, 2.05) is 6.08 Å². The van der Waals surface area contributed by atoms with Gasteiger partial charge in [0, 0.05) is 26.7 Å². The van der Waals surface area contributed by atoms with Crippen molar-refractivity contribution in [3.05, 3.63) is 70.7 Å². The molecule has 0 aromatic rings. The zero-order valence-corrected chi connectivity index (χ0v) is 63.1. The van der Waals surface area contributed by atoms with Gasteiger partial charge in [-0.1, -0.05) is 73.1 Å². The number of phosphoric acid groups is 1. The van der Waals surface area contributed by atoms with E-state index >= 15 is 0 Å². The summed E-state index contributed by atoms with van der Waals surface area (Å²) >= 11 is 0. The largest absolute Gasteiger partial charge is 0.510 e. The quantitative estimate of drug-likeness (QED) is 0.0236. The number of ether oxygens (including phenoxy) is 11. The number of Topliss-reactive ketones (excluding diaryl/α,β-unsaturated/α-hetero) is 1. The lowest BCUT2D eigenvalue weighted by atomic mass is 9.85. The predicted molar refractivity (Wildman–Crippen MR) is 372 cm³/mol. The lowest BCUT2D eigenvalue weighted by Crippen LogP contribution is -2.72. The summed E-state index contributed by atoms with van der Waals surface area (Å²) in [4.78, 5) is 102. The molecule has 0 aromatic carbocycles. The molecule has 0 saturated carbocycles. The van der Waals surface area contributed by atoms with E-state index in [-0.39, 0.29) is 24.9 Å². The molecule has 0 aromatic heterocycles. The van der Waals surface area contributed by atoms with Crippen LogP contribution in [0.4, 0.5) is 4.79 Å². The molecule has 5 amide bonds. The van der Waals surface area contributed by atoms with E-state index in [0.29, 0.717) is 12.8 Å². The van der Waals surface area contributed by atoms with Crippen molar-refractivity contribution < 1.29 is 165 Å². The fourth-order valence-corrected chi connectivity index (χ4v) is 13.5. The lowest BCUT2D eigenvalue weighted by Gasteiger charge is -2.52.